The van der Waals surface area contributed by atoms with Crippen molar-refractivity contribution in [3.8, 4) is 0 Å². The lowest BCUT2D eigenvalue weighted by atomic mass is 10.1. The molecule has 0 radical (unpaired) electrons. The minimum Gasteiger partial charge on any atom is -0.444 e. The molecule has 3 rings (SSSR count). The van der Waals surface area contributed by atoms with Crippen LogP contribution in [0.15, 0.2) is 23.1 Å². The van der Waals surface area contributed by atoms with Crippen molar-refractivity contribution in [2.24, 2.45) is 0 Å². The molecule has 3 amide bonds. The number of amides is 3. The van der Waals surface area contributed by atoms with Crippen LogP contribution in [0.3, 0.4) is 0 Å². The summed E-state index contributed by atoms with van der Waals surface area (Å²) in [5.41, 5.74) is -0.376. The number of benzene rings is 1. The summed E-state index contributed by atoms with van der Waals surface area (Å²) in [6.07, 6.45) is 0.480. The third kappa shape index (κ3) is 4.33. The molecule has 0 saturated carbocycles. The maximum atomic E-state index is 12.7. The van der Waals surface area contributed by atoms with Crippen molar-refractivity contribution in [1.29, 1.82) is 0 Å². The van der Waals surface area contributed by atoms with Gasteiger partial charge in [-0.1, -0.05) is 0 Å². The van der Waals surface area contributed by atoms with E-state index in [4.69, 9.17) is 4.74 Å². The van der Waals surface area contributed by atoms with Crippen LogP contribution in [0.4, 0.5) is 4.79 Å². The third-order valence-corrected chi connectivity index (χ3v) is 6.00. The van der Waals surface area contributed by atoms with E-state index in [0.717, 1.165) is 0 Å². The lowest BCUT2D eigenvalue weighted by Crippen LogP contribution is -2.47. The van der Waals surface area contributed by atoms with Gasteiger partial charge in [-0.25, -0.2) is 17.9 Å². The van der Waals surface area contributed by atoms with E-state index in [-0.39, 0.29) is 22.1 Å². The number of carbonyl (C=O) groups excluding carboxylic acids is 3. The van der Waals surface area contributed by atoms with E-state index in [1.54, 1.807) is 25.7 Å². The average Bonchev–Trinajstić information content (AvgIpc) is 2.87. The van der Waals surface area contributed by atoms with Gasteiger partial charge in [0, 0.05) is 19.1 Å². The largest absolute Gasteiger partial charge is 0.444 e. The van der Waals surface area contributed by atoms with E-state index in [1.807, 2.05) is 0 Å². The fourth-order valence-corrected chi connectivity index (χ4v) is 4.44. The molecule has 0 aliphatic carbocycles. The summed E-state index contributed by atoms with van der Waals surface area (Å²) in [5, 5.41) is 2.13. The first kappa shape index (κ1) is 20.3. The van der Waals surface area contributed by atoms with E-state index in [2.05, 4.69) is 10.0 Å². The highest BCUT2D eigenvalue weighted by molar-refractivity contribution is 7.89. The normalized spacial score (nSPS) is 18.0. The molecule has 2 aliphatic rings. The summed E-state index contributed by atoms with van der Waals surface area (Å²) in [5.74, 6) is -1.14. The Kier molecular flexibility index (Phi) is 5.20. The monoisotopic (exact) mass is 409 g/mol. The van der Waals surface area contributed by atoms with Crippen molar-refractivity contribution >= 4 is 27.9 Å². The summed E-state index contributed by atoms with van der Waals surface area (Å²) < 4.78 is 33.3. The van der Waals surface area contributed by atoms with Gasteiger partial charge in [0.25, 0.3) is 11.8 Å². The molecule has 2 aliphatic heterocycles. The van der Waals surface area contributed by atoms with E-state index < -0.39 is 33.5 Å². The molecule has 0 bridgehead atoms. The number of ether oxygens (including phenoxy) is 1. The molecule has 152 valence electrons. The minimum atomic E-state index is -3.86. The van der Waals surface area contributed by atoms with Gasteiger partial charge >= 0.3 is 6.09 Å². The number of hydrogen-bond donors (Lipinski definition) is 2. The molecular formula is C18H23N3O6S. The van der Waals surface area contributed by atoms with Crippen LogP contribution in [-0.2, 0) is 14.8 Å². The number of piperidine rings is 1. The molecule has 0 atom stereocenters. The number of nitrogens with zero attached hydrogens (tertiary/aromatic N) is 1. The van der Waals surface area contributed by atoms with Gasteiger partial charge in [-0.15, -0.1) is 0 Å². The fraction of sp³-hybridized carbons (Fsp3) is 0.500. The highest BCUT2D eigenvalue weighted by atomic mass is 32.2. The van der Waals surface area contributed by atoms with Crippen LogP contribution in [0.2, 0.25) is 0 Å². The predicted octanol–water partition coefficient (Wildman–Crippen LogP) is 1.25. The van der Waals surface area contributed by atoms with Gasteiger partial charge in [-0.2, -0.15) is 0 Å². The van der Waals surface area contributed by atoms with E-state index in [0.29, 0.717) is 25.9 Å². The molecule has 2 N–H and O–H groups in total. The molecule has 10 heteroatoms. The van der Waals surface area contributed by atoms with Crippen molar-refractivity contribution in [3.05, 3.63) is 29.3 Å². The number of carbonyl (C=O) groups is 3. The number of hydrogen-bond acceptors (Lipinski definition) is 6. The summed E-state index contributed by atoms with van der Waals surface area (Å²) in [6.45, 7) is 6.12. The van der Waals surface area contributed by atoms with Crippen LogP contribution < -0.4 is 10.0 Å². The Labute approximate surface area is 163 Å². The zero-order chi connectivity index (χ0) is 20.7. The molecule has 0 spiro atoms. The molecule has 0 aromatic heterocycles. The molecule has 1 aromatic carbocycles. The van der Waals surface area contributed by atoms with Crippen LogP contribution >= 0.6 is 0 Å². The Morgan fingerprint density at radius 3 is 2.36 bits per heavy atom. The van der Waals surface area contributed by atoms with Gasteiger partial charge in [-0.05, 0) is 51.8 Å². The average molecular weight is 409 g/mol. The van der Waals surface area contributed by atoms with Crippen LogP contribution in [0.25, 0.3) is 0 Å². The number of rotatable bonds is 3. The zero-order valence-electron chi connectivity index (χ0n) is 15.9. The van der Waals surface area contributed by atoms with Gasteiger partial charge in [0.05, 0.1) is 16.0 Å². The molecule has 1 fully saturated rings. The van der Waals surface area contributed by atoms with E-state index in [1.165, 1.54) is 18.2 Å². The number of imide groups is 1. The van der Waals surface area contributed by atoms with Gasteiger partial charge in [0.2, 0.25) is 10.0 Å². The molecule has 1 saturated heterocycles. The van der Waals surface area contributed by atoms with Crippen molar-refractivity contribution < 1.29 is 27.5 Å². The summed E-state index contributed by atoms with van der Waals surface area (Å²) in [7, 11) is -3.86. The Balaban J connectivity index is 1.64. The molecule has 28 heavy (non-hydrogen) atoms. The summed E-state index contributed by atoms with van der Waals surface area (Å²) >= 11 is 0. The molecule has 2 heterocycles. The van der Waals surface area contributed by atoms with Crippen LogP contribution in [0.5, 0.6) is 0 Å². The van der Waals surface area contributed by atoms with Crippen LogP contribution in [0, 0.1) is 0 Å². The Bertz CT molecular complexity index is 927. The smallest absolute Gasteiger partial charge is 0.410 e. The van der Waals surface area contributed by atoms with Gasteiger partial charge < -0.3 is 9.64 Å². The second kappa shape index (κ2) is 7.17. The van der Waals surface area contributed by atoms with Crippen LogP contribution in [0.1, 0.15) is 54.3 Å². The molecule has 1 aromatic rings. The van der Waals surface area contributed by atoms with E-state index >= 15 is 0 Å². The van der Waals surface area contributed by atoms with Crippen molar-refractivity contribution in [3.63, 3.8) is 0 Å². The first-order valence-corrected chi connectivity index (χ1v) is 10.4. The minimum absolute atomic E-state index is 0.0487. The molecule has 9 nitrogen and oxygen atoms in total. The number of sulfonamides is 1. The van der Waals surface area contributed by atoms with Crippen molar-refractivity contribution in [1.82, 2.24) is 14.9 Å². The van der Waals surface area contributed by atoms with Crippen LogP contribution in [-0.4, -0.2) is 56.0 Å². The Hall–Kier alpha value is -2.46. The topological polar surface area (TPSA) is 122 Å². The van der Waals surface area contributed by atoms with Crippen molar-refractivity contribution in [2.45, 2.75) is 50.2 Å². The quantitative estimate of drug-likeness (QED) is 0.725. The highest BCUT2D eigenvalue weighted by Crippen LogP contribution is 2.22. The third-order valence-electron chi connectivity index (χ3n) is 4.49. The Morgan fingerprint density at radius 1 is 1.14 bits per heavy atom. The first-order valence-electron chi connectivity index (χ1n) is 8.96. The first-order chi connectivity index (χ1) is 13.0. The summed E-state index contributed by atoms with van der Waals surface area (Å²) in [4.78, 5) is 36.9. The molecular weight excluding hydrogens is 386 g/mol. The maximum absolute atomic E-state index is 12.7. The predicted molar refractivity (Wildman–Crippen MR) is 99.4 cm³/mol. The summed E-state index contributed by atoms with van der Waals surface area (Å²) in [6, 6.07) is 3.49. The Morgan fingerprint density at radius 2 is 1.75 bits per heavy atom. The lowest BCUT2D eigenvalue weighted by Gasteiger charge is -2.33. The van der Waals surface area contributed by atoms with Gasteiger partial charge in [-0.3, -0.25) is 14.9 Å². The molecule has 0 unspecified atom stereocenters. The number of fused-ring (bicyclic) bond motifs is 1. The fourth-order valence-electron chi connectivity index (χ4n) is 3.11. The zero-order valence-corrected chi connectivity index (χ0v) is 16.8. The SMILES string of the molecule is CC(C)(C)OC(=O)N1CCC(NS(=O)(=O)c2ccc3c(c2)C(=O)NC3=O)CC1. The standard InChI is InChI=1S/C18H23N3O6S/c1-18(2,3)27-17(24)21-8-6-11(7-9-21)20-28(25,26)12-4-5-13-14(10-12)16(23)19-15(13)22/h4-5,10-11,20H,6-9H2,1-3H3,(H,19,22,23). The second-order valence-corrected chi connectivity index (χ2v) is 9.57. The number of nitrogens with one attached hydrogen (secondary N) is 2. The highest BCUT2D eigenvalue weighted by Gasteiger charge is 2.31. The van der Waals surface area contributed by atoms with Gasteiger partial charge in [0.1, 0.15) is 5.60 Å². The van der Waals surface area contributed by atoms with Crippen molar-refractivity contribution in [2.75, 3.05) is 13.1 Å². The lowest BCUT2D eigenvalue weighted by molar-refractivity contribution is 0.0203. The number of likely N-dealkylation sites (tertiary alicyclic amines) is 1. The second-order valence-electron chi connectivity index (χ2n) is 7.85. The van der Waals surface area contributed by atoms with E-state index in [9.17, 15) is 22.8 Å². The van der Waals surface area contributed by atoms with Gasteiger partial charge in [0.15, 0.2) is 0 Å². The maximum Gasteiger partial charge on any atom is 0.410 e.